The first-order valence-corrected chi connectivity index (χ1v) is 8.96. The fraction of sp³-hybridized carbons (Fsp3) is 0.389. The molecule has 11 nitrogen and oxygen atoms in total. The van der Waals surface area contributed by atoms with E-state index in [9.17, 15) is 24.0 Å². The maximum absolute atomic E-state index is 12.3. The monoisotopic (exact) mass is 406 g/mol. The SMILES string of the molecule is CC(=O)Nc1cc(NC(C)=O)cc(C(=O)NCCNC(=O)CCCNC(N)=O)c1. The molecule has 0 spiro atoms. The first kappa shape index (κ1) is 23.4. The number of rotatable bonds is 10. The fourth-order valence-corrected chi connectivity index (χ4v) is 2.34. The number of amides is 6. The van der Waals surface area contributed by atoms with Gasteiger partial charge in [-0.25, -0.2) is 4.79 Å². The number of benzene rings is 1. The molecule has 11 heteroatoms. The Labute approximate surface area is 168 Å². The molecule has 7 N–H and O–H groups in total. The van der Waals surface area contributed by atoms with Crippen LogP contribution in [0.4, 0.5) is 16.2 Å². The van der Waals surface area contributed by atoms with Crippen molar-refractivity contribution in [2.24, 2.45) is 5.73 Å². The summed E-state index contributed by atoms with van der Waals surface area (Å²) in [5, 5.41) is 12.8. The molecule has 29 heavy (non-hydrogen) atoms. The highest BCUT2D eigenvalue weighted by molar-refractivity contribution is 5.99. The minimum atomic E-state index is -0.641. The quantitative estimate of drug-likeness (QED) is 0.297. The molecule has 6 amide bonds. The zero-order valence-corrected chi connectivity index (χ0v) is 16.4. The van der Waals surface area contributed by atoms with Gasteiger partial charge in [0.15, 0.2) is 0 Å². The van der Waals surface area contributed by atoms with E-state index in [4.69, 9.17) is 5.73 Å². The average molecular weight is 406 g/mol. The van der Waals surface area contributed by atoms with E-state index in [1.54, 1.807) is 0 Å². The Kier molecular flexibility index (Phi) is 9.65. The number of urea groups is 1. The Morgan fingerprint density at radius 2 is 1.34 bits per heavy atom. The van der Waals surface area contributed by atoms with E-state index in [0.717, 1.165) is 0 Å². The van der Waals surface area contributed by atoms with Crippen LogP contribution < -0.4 is 32.3 Å². The molecule has 0 radical (unpaired) electrons. The van der Waals surface area contributed by atoms with Crippen molar-refractivity contribution < 1.29 is 24.0 Å². The second kappa shape index (κ2) is 12.0. The van der Waals surface area contributed by atoms with Gasteiger partial charge < -0.3 is 32.3 Å². The largest absolute Gasteiger partial charge is 0.354 e. The van der Waals surface area contributed by atoms with Crippen LogP contribution in [0.1, 0.15) is 37.0 Å². The van der Waals surface area contributed by atoms with E-state index in [1.807, 2.05) is 0 Å². The third-order valence-electron chi connectivity index (χ3n) is 3.45. The third-order valence-corrected chi connectivity index (χ3v) is 3.45. The molecule has 0 aliphatic heterocycles. The Hall–Kier alpha value is -3.63. The van der Waals surface area contributed by atoms with Gasteiger partial charge >= 0.3 is 6.03 Å². The number of primary amides is 1. The molecule has 1 aromatic carbocycles. The van der Waals surface area contributed by atoms with E-state index in [0.29, 0.717) is 24.3 Å². The van der Waals surface area contributed by atoms with Gasteiger partial charge in [-0.2, -0.15) is 0 Å². The Bertz CT molecular complexity index is 746. The summed E-state index contributed by atoms with van der Waals surface area (Å²) in [5.41, 5.74) is 5.89. The van der Waals surface area contributed by atoms with Gasteiger partial charge in [-0.05, 0) is 24.6 Å². The van der Waals surface area contributed by atoms with Gasteiger partial charge in [0, 0.05) is 56.8 Å². The smallest absolute Gasteiger partial charge is 0.312 e. The minimum absolute atomic E-state index is 0.184. The van der Waals surface area contributed by atoms with Crippen molar-refractivity contribution >= 4 is 41.0 Å². The lowest BCUT2D eigenvalue weighted by Crippen LogP contribution is -2.35. The summed E-state index contributed by atoms with van der Waals surface area (Å²) in [7, 11) is 0. The van der Waals surface area contributed by atoms with Crippen LogP contribution in [0.5, 0.6) is 0 Å². The second-order valence-electron chi connectivity index (χ2n) is 6.16. The summed E-state index contributed by atoms with van der Waals surface area (Å²) < 4.78 is 0. The molecule has 0 fully saturated rings. The van der Waals surface area contributed by atoms with Crippen LogP contribution in [0.2, 0.25) is 0 Å². The molecule has 0 saturated carbocycles. The van der Waals surface area contributed by atoms with Gasteiger partial charge in [-0.1, -0.05) is 0 Å². The molecule has 158 valence electrons. The normalized spacial score (nSPS) is 9.86. The second-order valence-corrected chi connectivity index (χ2v) is 6.16. The summed E-state index contributed by atoms with van der Waals surface area (Å²) in [6.07, 6.45) is 0.663. The molecule has 0 aliphatic rings. The molecule has 0 saturated heterocycles. The van der Waals surface area contributed by atoms with Crippen molar-refractivity contribution in [1.29, 1.82) is 0 Å². The zero-order valence-electron chi connectivity index (χ0n) is 16.4. The molecule has 0 heterocycles. The topological polar surface area (TPSA) is 172 Å². The first-order valence-electron chi connectivity index (χ1n) is 8.96. The molecule has 0 bridgehead atoms. The molecule has 1 rings (SSSR count). The van der Waals surface area contributed by atoms with Crippen LogP contribution in [0.3, 0.4) is 0 Å². The van der Waals surface area contributed by atoms with Crippen LogP contribution in [-0.2, 0) is 14.4 Å². The summed E-state index contributed by atoms with van der Waals surface area (Å²) >= 11 is 0. The predicted molar refractivity (Wildman–Crippen MR) is 107 cm³/mol. The lowest BCUT2D eigenvalue weighted by molar-refractivity contribution is -0.121. The van der Waals surface area contributed by atoms with Crippen LogP contribution in [0.25, 0.3) is 0 Å². The molecule has 0 aromatic heterocycles. The average Bonchev–Trinajstić information content (AvgIpc) is 2.60. The summed E-state index contributed by atoms with van der Waals surface area (Å²) in [6, 6.07) is 3.85. The van der Waals surface area contributed by atoms with E-state index in [1.165, 1.54) is 32.0 Å². The van der Waals surface area contributed by atoms with Gasteiger partial charge in [0.25, 0.3) is 5.91 Å². The van der Waals surface area contributed by atoms with Gasteiger partial charge in [0.1, 0.15) is 0 Å². The minimum Gasteiger partial charge on any atom is -0.354 e. The highest BCUT2D eigenvalue weighted by Gasteiger charge is 2.10. The van der Waals surface area contributed by atoms with Gasteiger partial charge in [0.05, 0.1) is 0 Å². The zero-order chi connectivity index (χ0) is 21.8. The fourth-order valence-electron chi connectivity index (χ4n) is 2.34. The van der Waals surface area contributed by atoms with E-state index >= 15 is 0 Å². The number of nitrogens with one attached hydrogen (secondary N) is 5. The van der Waals surface area contributed by atoms with Crippen molar-refractivity contribution in [3.63, 3.8) is 0 Å². The number of hydrogen-bond donors (Lipinski definition) is 6. The van der Waals surface area contributed by atoms with Crippen molar-refractivity contribution in [2.75, 3.05) is 30.3 Å². The van der Waals surface area contributed by atoms with Crippen molar-refractivity contribution in [2.45, 2.75) is 26.7 Å². The highest BCUT2D eigenvalue weighted by Crippen LogP contribution is 2.19. The lowest BCUT2D eigenvalue weighted by atomic mass is 10.1. The molecule has 0 aliphatic carbocycles. The first-order chi connectivity index (χ1) is 13.7. The van der Waals surface area contributed by atoms with Crippen LogP contribution >= 0.6 is 0 Å². The van der Waals surface area contributed by atoms with Gasteiger partial charge in [-0.3, -0.25) is 19.2 Å². The standard InChI is InChI=1S/C18H26N6O5/c1-11(25)23-14-8-13(9-15(10-14)24-12(2)26)17(28)21-7-6-20-16(27)4-3-5-22-18(19)29/h8-10H,3-7H2,1-2H3,(H,20,27)(H,21,28)(H,23,25)(H,24,26)(H3,19,22,29). The molecule has 0 unspecified atom stereocenters. The number of anilines is 2. The predicted octanol–water partition coefficient (Wildman–Crippen LogP) is -0.102. The maximum Gasteiger partial charge on any atom is 0.312 e. The van der Waals surface area contributed by atoms with Crippen LogP contribution in [0.15, 0.2) is 18.2 Å². The highest BCUT2D eigenvalue weighted by atomic mass is 16.2. The molecule has 1 aromatic rings. The van der Waals surface area contributed by atoms with E-state index in [2.05, 4.69) is 26.6 Å². The van der Waals surface area contributed by atoms with Crippen LogP contribution in [-0.4, -0.2) is 49.3 Å². The van der Waals surface area contributed by atoms with E-state index < -0.39 is 11.9 Å². The van der Waals surface area contributed by atoms with Gasteiger partial charge in [-0.15, -0.1) is 0 Å². The molecular formula is C18H26N6O5. The summed E-state index contributed by atoms with van der Waals surface area (Å²) in [5.74, 6) is -1.27. The third kappa shape index (κ3) is 10.3. The Balaban J connectivity index is 2.52. The number of carbonyl (C=O) groups excluding carboxylic acids is 5. The van der Waals surface area contributed by atoms with Crippen molar-refractivity contribution in [1.82, 2.24) is 16.0 Å². The summed E-state index contributed by atoms with van der Waals surface area (Å²) in [6.45, 7) is 3.37. The Morgan fingerprint density at radius 3 is 1.86 bits per heavy atom. The van der Waals surface area contributed by atoms with Gasteiger partial charge in [0.2, 0.25) is 17.7 Å². The van der Waals surface area contributed by atoms with Crippen molar-refractivity contribution in [3.8, 4) is 0 Å². The van der Waals surface area contributed by atoms with Crippen LogP contribution in [0, 0.1) is 0 Å². The number of carbonyl (C=O) groups is 5. The summed E-state index contributed by atoms with van der Waals surface area (Å²) in [4.78, 5) is 57.0. The lowest BCUT2D eigenvalue weighted by Gasteiger charge is -2.11. The Morgan fingerprint density at radius 1 is 0.793 bits per heavy atom. The molecular weight excluding hydrogens is 380 g/mol. The number of hydrogen-bond acceptors (Lipinski definition) is 5. The molecule has 0 atom stereocenters. The van der Waals surface area contributed by atoms with Crippen molar-refractivity contribution in [3.05, 3.63) is 23.8 Å². The number of nitrogens with two attached hydrogens (primary N) is 1. The maximum atomic E-state index is 12.3. The van der Waals surface area contributed by atoms with E-state index in [-0.39, 0.29) is 42.8 Å².